The van der Waals surface area contributed by atoms with Crippen LogP contribution < -0.4 is 5.32 Å². The molecular weight excluding hydrogens is 162 g/mol. The molecule has 70 valence electrons. The Morgan fingerprint density at radius 2 is 2.31 bits per heavy atom. The lowest BCUT2D eigenvalue weighted by atomic mass is 9.62. The molecule has 1 aromatic heterocycles. The van der Waals surface area contributed by atoms with Crippen LogP contribution in [0, 0.1) is 12.3 Å². The summed E-state index contributed by atoms with van der Waals surface area (Å²) in [5, 5.41) is 7.71. The van der Waals surface area contributed by atoms with Crippen LogP contribution in [0.3, 0.4) is 0 Å². The molecule has 1 saturated heterocycles. The highest BCUT2D eigenvalue weighted by Gasteiger charge is 2.49. The van der Waals surface area contributed by atoms with Crippen LogP contribution in [0.2, 0.25) is 0 Å². The Hall–Kier alpha value is -0.830. The topological polar surface area (TPSA) is 29.9 Å². The maximum atomic E-state index is 4.36. The van der Waals surface area contributed by atoms with E-state index in [0.717, 1.165) is 0 Å². The lowest BCUT2D eigenvalue weighted by Gasteiger charge is -2.54. The average Bonchev–Trinajstić information content (AvgIpc) is 2.29. The zero-order valence-corrected chi connectivity index (χ0v) is 7.95. The molecule has 0 aromatic carbocycles. The molecule has 1 N–H and O–H groups in total. The molecule has 1 spiro atoms. The van der Waals surface area contributed by atoms with Gasteiger partial charge in [-0.15, -0.1) is 0 Å². The molecule has 3 rings (SSSR count). The Morgan fingerprint density at radius 3 is 2.77 bits per heavy atom. The first-order valence-corrected chi connectivity index (χ1v) is 4.99. The fourth-order valence-corrected chi connectivity index (χ4v) is 2.53. The quantitative estimate of drug-likeness (QED) is 0.696. The molecule has 2 aliphatic rings. The summed E-state index contributed by atoms with van der Waals surface area (Å²) in [5.41, 5.74) is 1.93. The first-order chi connectivity index (χ1) is 6.27. The summed E-state index contributed by atoms with van der Waals surface area (Å²) in [5.74, 6) is 0. The number of nitrogens with one attached hydrogen (secondary N) is 1. The summed E-state index contributed by atoms with van der Waals surface area (Å²) < 4.78 is 2.14. The summed E-state index contributed by atoms with van der Waals surface area (Å²) >= 11 is 0. The molecule has 13 heavy (non-hydrogen) atoms. The Morgan fingerprint density at radius 1 is 1.54 bits per heavy atom. The molecule has 0 atom stereocenters. The standard InChI is InChI=1S/C10H15N3/c1-8-4-12-13(5-8)9-2-10(3-9)6-11-7-10/h4-5,9,11H,2-3,6-7H2,1H3. The largest absolute Gasteiger partial charge is 0.316 e. The average molecular weight is 177 g/mol. The van der Waals surface area contributed by atoms with E-state index < -0.39 is 0 Å². The van der Waals surface area contributed by atoms with Crippen LogP contribution in [-0.2, 0) is 0 Å². The van der Waals surface area contributed by atoms with Crippen molar-refractivity contribution < 1.29 is 0 Å². The van der Waals surface area contributed by atoms with E-state index in [1.807, 2.05) is 6.20 Å². The van der Waals surface area contributed by atoms with E-state index in [1.54, 1.807) is 0 Å². The van der Waals surface area contributed by atoms with Gasteiger partial charge in [0, 0.05) is 19.3 Å². The van der Waals surface area contributed by atoms with Crippen LogP contribution in [0.5, 0.6) is 0 Å². The molecular formula is C10H15N3. The monoisotopic (exact) mass is 177 g/mol. The summed E-state index contributed by atoms with van der Waals surface area (Å²) in [7, 11) is 0. The Balaban J connectivity index is 1.70. The number of hydrogen-bond donors (Lipinski definition) is 1. The van der Waals surface area contributed by atoms with Gasteiger partial charge in [-0.3, -0.25) is 4.68 Å². The van der Waals surface area contributed by atoms with Gasteiger partial charge in [0.25, 0.3) is 0 Å². The molecule has 0 unspecified atom stereocenters. The lowest BCUT2D eigenvalue weighted by Crippen LogP contribution is -2.60. The summed E-state index contributed by atoms with van der Waals surface area (Å²) in [6.45, 7) is 4.55. The maximum Gasteiger partial charge on any atom is 0.0531 e. The van der Waals surface area contributed by atoms with Crippen molar-refractivity contribution in [3.63, 3.8) is 0 Å². The second-order valence-electron chi connectivity index (χ2n) is 4.66. The second kappa shape index (κ2) is 2.35. The normalized spacial score (nSPS) is 25.6. The number of aryl methyl sites for hydroxylation is 1. The van der Waals surface area contributed by atoms with Crippen molar-refractivity contribution in [2.75, 3.05) is 13.1 Å². The van der Waals surface area contributed by atoms with Gasteiger partial charge in [0.1, 0.15) is 0 Å². The van der Waals surface area contributed by atoms with E-state index in [1.165, 1.54) is 31.5 Å². The van der Waals surface area contributed by atoms with Gasteiger partial charge in [-0.1, -0.05) is 0 Å². The third-order valence-electron chi connectivity index (χ3n) is 3.44. The third-order valence-corrected chi connectivity index (χ3v) is 3.44. The van der Waals surface area contributed by atoms with Crippen molar-refractivity contribution in [2.24, 2.45) is 5.41 Å². The fourth-order valence-electron chi connectivity index (χ4n) is 2.53. The highest BCUT2D eigenvalue weighted by atomic mass is 15.3. The van der Waals surface area contributed by atoms with Crippen molar-refractivity contribution in [2.45, 2.75) is 25.8 Å². The van der Waals surface area contributed by atoms with Crippen LogP contribution in [0.4, 0.5) is 0 Å². The minimum absolute atomic E-state index is 0.657. The van der Waals surface area contributed by atoms with E-state index >= 15 is 0 Å². The van der Waals surface area contributed by atoms with E-state index in [2.05, 4.69) is 28.2 Å². The smallest absolute Gasteiger partial charge is 0.0531 e. The summed E-state index contributed by atoms with van der Waals surface area (Å²) in [6.07, 6.45) is 6.75. The van der Waals surface area contributed by atoms with Gasteiger partial charge < -0.3 is 5.32 Å². The van der Waals surface area contributed by atoms with E-state index in [9.17, 15) is 0 Å². The second-order valence-corrected chi connectivity index (χ2v) is 4.66. The maximum absolute atomic E-state index is 4.36. The molecule has 2 fully saturated rings. The number of aromatic nitrogens is 2. The molecule has 2 heterocycles. The van der Waals surface area contributed by atoms with E-state index in [0.29, 0.717) is 11.5 Å². The van der Waals surface area contributed by atoms with Gasteiger partial charge in [0.05, 0.1) is 12.2 Å². The summed E-state index contributed by atoms with van der Waals surface area (Å²) in [6, 6.07) is 0.677. The van der Waals surface area contributed by atoms with Crippen molar-refractivity contribution in [1.29, 1.82) is 0 Å². The molecule has 1 saturated carbocycles. The molecule has 0 radical (unpaired) electrons. The van der Waals surface area contributed by atoms with Crippen molar-refractivity contribution in [3.8, 4) is 0 Å². The minimum atomic E-state index is 0.657. The predicted octanol–water partition coefficient (Wildman–Crippen LogP) is 1.12. The molecule has 0 bridgehead atoms. The lowest BCUT2D eigenvalue weighted by molar-refractivity contribution is 0.00234. The summed E-state index contributed by atoms with van der Waals surface area (Å²) in [4.78, 5) is 0. The van der Waals surface area contributed by atoms with E-state index in [4.69, 9.17) is 0 Å². The fraction of sp³-hybridized carbons (Fsp3) is 0.700. The van der Waals surface area contributed by atoms with Crippen molar-refractivity contribution in [1.82, 2.24) is 15.1 Å². The van der Waals surface area contributed by atoms with Crippen molar-refractivity contribution >= 4 is 0 Å². The van der Waals surface area contributed by atoms with Crippen LogP contribution in [-0.4, -0.2) is 22.9 Å². The zero-order valence-electron chi connectivity index (χ0n) is 7.95. The van der Waals surface area contributed by atoms with Gasteiger partial charge >= 0.3 is 0 Å². The van der Waals surface area contributed by atoms with E-state index in [-0.39, 0.29) is 0 Å². The van der Waals surface area contributed by atoms with Crippen LogP contribution in [0.15, 0.2) is 12.4 Å². The molecule has 3 heteroatoms. The Kier molecular flexibility index (Phi) is 1.37. The Labute approximate surface area is 78.1 Å². The predicted molar refractivity (Wildman–Crippen MR) is 50.5 cm³/mol. The van der Waals surface area contributed by atoms with Crippen LogP contribution in [0.25, 0.3) is 0 Å². The Bertz CT molecular complexity index is 317. The van der Waals surface area contributed by atoms with Gasteiger partial charge in [0.15, 0.2) is 0 Å². The molecule has 1 aromatic rings. The minimum Gasteiger partial charge on any atom is -0.316 e. The van der Waals surface area contributed by atoms with Crippen molar-refractivity contribution in [3.05, 3.63) is 18.0 Å². The van der Waals surface area contributed by atoms with Gasteiger partial charge in [0.2, 0.25) is 0 Å². The number of hydrogen-bond acceptors (Lipinski definition) is 2. The molecule has 0 amide bonds. The highest BCUT2D eigenvalue weighted by molar-refractivity contribution is 5.07. The SMILES string of the molecule is Cc1cnn(C2CC3(CNC3)C2)c1. The first kappa shape index (κ1) is 7.56. The van der Waals surface area contributed by atoms with Gasteiger partial charge in [-0.2, -0.15) is 5.10 Å². The third kappa shape index (κ3) is 1.03. The van der Waals surface area contributed by atoms with Crippen LogP contribution in [0.1, 0.15) is 24.4 Å². The zero-order chi connectivity index (χ0) is 8.89. The number of rotatable bonds is 1. The molecule has 3 nitrogen and oxygen atoms in total. The molecule has 1 aliphatic heterocycles. The number of nitrogens with zero attached hydrogens (tertiary/aromatic N) is 2. The molecule has 1 aliphatic carbocycles. The van der Waals surface area contributed by atoms with Crippen LogP contribution >= 0.6 is 0 Å². The van der Waals surface area contributed by atoms with Gasteiger partial charge in [-0.25, -0.2) is 0 Å². The first-order valence-electron chi connectivity index (χ1n) is 4.99. The van der Waals surface area contributed by atoms with Gasteiger partial charge in [-0.05, 0) is 30.7 Å². The highest BCUT2D eigenvalue weighted by Crippen LogP contribution is 2.50.